The van der Waals surface area contributed by atoms with E-state index in [2.05, 4.69) is 46.6 Å². The lowest BCUT2D eigenvalue weighted by molar-refractivity contribution is 0.839. The molecule has 0 aliphatic heterocycles. The van der Waals surface area contributed by atoms with Crippen LogP contribution in [0.2, 0.25) is 0 Å². The summed E-state index contributed by atoms with van der Waals surface area (Å²) in [5, 5.41) is 0. The molecule has 0 spiro atoms. The molecule has 0 bridgehead atoms. The Bertz CT molecular complexity index is 790. The first-order valence-electron chi connectivity index (χ1n) is 7.12. The molecule has 2 aromatic heterocycles. The van der Waals surface area contributed by atoms with Gasteiger partial charge in [0.15, 0.2) is 5.65 Å². The van der Waals surface area contributed by atoms with Gasteiger partial charge in [0.2, 0.25) is 0 Å². The van der Waals surface area contributed by atoms with Gasteiger partial charge in [-0.2, -0.15) is 0 Å². The number of nitrogens with zero attached hydrogens (tertiary/aromatic N) is 3. The monoisotopic (exact) mass is 299 g/mol. The van der Waals surface area contributed by atoms with Crippen LogP contribution >= 0.6 is 11.6 Å². The van der Waals surface area contributed by atoms with E-state index in [1.165, 1.54) is 5.56 Å². The van der Waals surface area contributed by atoms with Crippen LogP contribution in [0.4, 0.5) is 0 Å². The molecule has 3 nitrogen and oxygen atoms in total. The highest BCUT2D eigenvalue weighted by molar-refractivity contribution is 6.16. The van der Waals surface area contributed by atoms with Gasteiger partial charge in [-0.3, -0.25) is 4.57 Å². The molecule has 0 unspecified atom stereocenters. The summed E-state index contributed by atoms with van der Waals surface area (Å²) in [4.78, 5) is 9.28. The van der Waals surface area contributed by atoms with Crippen LogP contribution < -0.4 is 0 Å². The van der Waals surface area contributed by atoms with Crippen LogP contribution in [0.25, 0.3) is 16.9 Å². The molecule has 1 aromatic carbocycles. The maximum atomic E-state index is 6.11. The first-order valence-corrected chi connectivity index (χ1v) is 7.65. The van der Waals surface area contributed by atoms with E-state index in [0.29, 0.717) is 11.8 Å². The molecular weight excluding hydrogens is 282 g/mol. The van der Waals surface area contributed by atoms with E-state index in [1.807, 2.05) is 25.1 Å². The summed E-state index contributed by atoms with van der Waals surface area (Å²) in [5.74, 6) is 1.62. The normalized spacial score (nSPS) is 11.5. The fraction of sp³-hybridized carbons (Fsp3) is 0.294. The van der Waals surface area contributed by atoms with Gasteiger partial charge in [-0.1, -0.05) is 32.0 Å². The Hall–Kier alpha value is -1.87. The van der Waals surface area contributed by atoms with Crippen LogP contribution in [0.5, 0.6) is 0 Å². The van der Waals surface area contributed by atoms with Crippen molar-refractivity contribution in [1.82, 2.24) is 14.5 Å². The summed E-state index contributed by atoms with van der Waals surface area (Å²) >= 11 is 6.11. The molecule has 0 fully saturated rings. The number of imidazole rings is 1. The van der Waals surface area contributed by atoms with Crippen LogP contribution in [0, 0.1) is 6.92 Å². The van der Waals surface area contributed by atoms with E-state index in [1.54, 1.807) is 0 Å². The summed E-state index contributed by atoms with van der Waals surface area (Å²) in [6, 6.07) is 12.3. The highest BCUT2D eigenvalue weighted by Crippen LogP contribution is 2.28. The zero-order valence-corrected chi connectivity index (χ0v) is 13.2. The number of benzene rings is 1. The predicted octanol–water partition coefficient (Wildman–Crippen LogP) is 4.59. The second-order valence-electron chi connectivity index (χ2n) is 5.51. The lowest BCUT2D eigenvalue weighted by Gasteiger charge is -2.15. The van der Waals surface area contributed by atoms with Crippen molar-refractivity contribution in [2.24, 2.45) is 0 Å². The van der Waals surface area contributed by atoms with Crippen molar-refractivity contribution in [3.05, 3.63) is 53.5 Å². The fourth-order valence-electron chi connectivity index (χ4n) is 2.62. The molecule has 2 heterocycles. The van der Waals surface area contributed by atoms with Gasteiger partial charge in [-0.15, -0.1) is 11.6 Å². The average molecular weight is 300 g/mol. The standard InChI is InChI=1S/C17H18ClN3/c1-11(2)13-6-4-5-7-15(13)21-16(10-18)20-14-9-8-12(3)19-17(14)21/h4-9,11H,10H2,1-3H3. The summed E-state index contributed by atoms with van der Waals surface area (Å²) in [6.07, 6.45) is 0. The van der Waals surface area contributed by atoms with Gasteiger partial charge in [-0.25, -0.2) is 9.97 Å². The van der Waals surface area contributed by atoms with Gasteiger partial charge in [-0.05, 0) is 36.6 Å². The van der Waals surface area contributed by atoms with Crippen LogP contribution in [0.1, 0.15) is 36.8 Å². The molecule has 0 N–H and O–H groups in total. The third-order valence-electron chi connectivity index (χ3n) is 3.63. The molecule has 4 heteroatoms. The number of hydrogen-bond donors (Lipinski definition) is 0. The molecule has 0 saturated carbocycles. The zero-order valence-electron chi connectivity index (χ0n) is 12.5. The van der Waals surface area contributed by atoms with E-state index in [4.69, 9.17) is 11.6 Å². The lowest BCUT2D eigenvalue weighted by atomic mass is 10.0. The number of fused-ring (bicyclic) bond motifs is 1. The predicted molar refractivity (Wildman–Crippen MR) is 87.2 cm³/mol. The smallest absolute Gasteiger partial charge is 0.164 e. The Kier molecular flexibility index (Phi) is 3.68. The SMILES string of the molecule is Cc1ccc2nc(CCl)n(-c3ccccc3C(C)C)c2n1. The molecule has 108 valence electrons. The molecule has 0 aliphatic rings. The van der Waals surface area contributed by atoms with Gasteiger partial charge in [0, 0.05) is 5.69 Å². The average Bonchev–Trinajstić information content (AvgIpc) is 2.84. The van der Waals surface area contributed by atoms with E-state index in [-0.39, 0.29) is 0 Å². The minimum absolute atomic E-state index is 0.363. The number of hydrogen-bond acceptors (Lipinski definition) is 2. The molecule has 0 radical (unpaired) electrons. The number of alkyl halides is 1. The van der Waals surface area contributed by atoms with Gasteiger partial charge < -0.3 is 0 Å². The molecular formula is C17H18ClN3. The molecule has 3 rings (SSSR count). The maximum Gasteiger partial charge on any atom is 0.164 e. The van der Waals surface area contributed by atoms with E-state index >= 15 is 0 Å². The van der Waals surface area contributed by atoms with Crippen LogP contribution in [-0.4, -0.2) is 14.5 Å². The van der Waals surface area contributed by atoms with Gasteiger partial charge >= 0.3 is 0 Å². The van der Waals surface area contributed by atoms with Crippen molar-refractivity contribution in [2.75, 3.05) is 0 Å². The number of rotatable bonds is 3. The van der Waals surface area contributed by atoms with Crippen LogP contribution in [0.15, 0.2) is 36.4 Å². The van der Waals surface area contributed by atoms with E-state index in [9.17, 15) is 0 Å². The van der Waals surface area contributed by atoms with E-state index in [0.717, 1.165) is 28.4 Å². The maximum absolute atomic E-state index is 6.11. The summed E-state index contributed by atoms with van der Waals surface area (Å²) < 4.78 is 2.09. The quantitative estimate of drug-likeness (QED) is 0.662. The Balaban J connectivity index is 2.36. The van der Waals surface area contributed by atoms with Crippen molar-refractivity contribution in [1.29, 1.82) is 0 Å². The number of halogens is 1. The second kappa shape index (κ2) is 5.49. The number of pyridine rings is 1. The second-order valence-corrected chi connectivity index (χ2v) is 5.77. The van der Waals surface area contributed by atoms with Crippen LogP contribution in [0.3, 0.4) is 0 Å². The first kappa shape index (κ1) is 14.1. The van der Waals surface area contributed by atoms with Crippen LogP contribution in [-0.2, 0) is 5.88 Å². The van der Waals surface area contributed by atoms with Crippen molar-refractivity contribution in [2.45, 2.75) is 32.6 Å². The molecule has 0 atom stereocenters. The topological polar surface area (TPSA) is 30.7 Å². The third-order valence-corrected chi connectivity index (χ3v) is 3.87. The zero-order chi connectivity index (χ0) is 15.0. The van der Waals surface area contributed by atoms with Crippen molar-refractivity contribution in [3.63, 3.8) is 0 Å². The summed E-state index contributed by atoms with van der Waals surface area (Å²) in [6.45, 7) is 6.37. The molecule has 0 amide bonds. The molecule has 21 heavy (non-hydrogen) atoms. The summed E-state index contributed by atoms with van der Waals surface area (Å²) in [7, 11) is 0. The summed E-state index contributed by atoms with van der Waals surface area (Å²) in [5.41, 5.74) is 5.12. The highest BCUT2D eigenvalue weighted by Gasteiger charge is 2.16. The van der Waals surface area contributed by atoms with E-state index < -0.39 is 0 Å². The molecule has 0 aliphatic carbocycles. The van der Waals surface area contributed by atoms with Crippen molar-refractivity contribution >= 4 is 22.8 Å². The first-order chi connectivity index (χ1) is 10.1. The fourth-order valence-corrected chi connectivity index (χ4v) is 2.80. The Morgan fingerprint density at radius 3 is 2.57 bits per heavy atom. The third kappa shape index (κ3) is 2.42. The largest absolute Gasteiger partial charge is 0.279 e. The number of aryl methyl sites for hydroxylation is 1. The Morgan fingerprint density at radius 2 is 1.86 bits per heavy atom. The van der Waals surface area contributed by atoms with Gasteiger partial charge in [0.25, 0.3) is 0 Å². The number of aromatic nitrogens is 3. The van der Waals surface area contributed by atoms with Crippen molar-refractivity contribution in [3.8, 4) is 5.69 Å². The van der Waals surface area contributed by atoms with Gasteiger partial charge in [0.1, 0.15) is 11.3 Å². The van der Waals surface area contributed by atoms with Gasteiger partial charge in [0.05, 0.1) is 11.6 Å². The Morgan fingerprint density at radius 1 is 1.10 bits per heavy atom. The Labute approximate surface area is 129 Å². The minimum Gasteiger partial charge on any atom is -0.279 e. The highest BCUT2D eigenvalue weighted by atomic mass is 35.5. The minimum atomic E-state index is 0.363. The molecule has 3 aromatic rings. The molecule has 0 saturated heterocycles. The lowest BCUT2D eigenvalue weighted by Crippen LogP contribution is -2.05. The number of para-hydroxylation sites is 1. The van der Waals surface area contributed by atoms with Crippen molar-refractivity contribution < 1.29 is 0 Å².